The van der Waals surface area contributed by atoms with Crippen molar-refractivity contribution in [1.82, 2.24) is 25.1 Å². The van der Waals surface area contributed by atoms with E-state index in [9.17, 15) is 14.7 Å². The van der Waals surface area contributed by atoms with Gasteiger partial charge in [0.25, 0.3) is 5.91 Å². The minimum atomic E-state index is -1.02. The number of aromatic nitrogens is 2. The lowest BCUT2D eigenvalue weighted by atomic mass is 9.89. The van der Waals surface area contributed by atoms with Crippen molar-refractivity contribution in [1.29, 1.82) is 0 Å². The van der Waals surface area contributed by atoms with Crippen LogP contribution in [0.5, 0.6) is 0 Å². The molecule has 0 bridgehead atoms. The molecule has 5 rings (SSSR count). The van der Waals surface area contributed by atoms with Crippen LogP contribution in [0.4, 0.5) is 4.79 Å². The van der Waals surface area contributed by atoms with Crippen LogP contribution in [0, 0.1) is 0 Å². The molecule has 2 heterocycles. The topological polar surface area (TPSA) is 99.5 Å². The highest BCUT2D eigenvalue weighted by Gasteiger charge is 2.35. The molecule has 8 heteroatoms. The summed E-state index contributed by atoms with van der Waals surface area (Å²) in [5.74, 6) is -0.0754. The molecule has 2 aromatic carbocycles. The highest BCUT2D eigenvalue weighted by molar-refractivity contribution is 5.98. The van der Waals surface area contributed by atoms with Crippen LogP contribution in [0.25, 0.3) is 11.3 Å². The molecule has 188 valence electrons. The summed E-state index contributed by atoms with van der Waals surface area (Å²) in [6.07, 6.45) is 5.07. The molecule has 1 aromatic heterocycles. The van der Waals surface area contributed by atoms with E-state index in [1.807, 2.05) is 58.0 Å². The first-order valence-electron chi connectivity index (χ1n) is 12.8. The standard InChI is InChI=1S/C28H33N5O3/c34-27(32-16-15-29-18-22(32)17-20-9-3-1-4-10-20)25-26(21-11-5-2-6-12-21)33(19-30-25)24-14-8-7-13-23(24)31-28(35)36/h1-6,9-12,19,22-24,29,31H,7-8,13-18H2,(H,35,36)/t22-,23+,24-/m1/s1. The highest BCUT2D eigenvalue weighted by atomic mass is 16.4. The molecule has 1 saturated heterocycles. The zero-order chi connectivity index (χ0) is 24.9. The average molecular weight is 488 g/mol. The number of benzene rings is 2. The molecular formula is C28H33N5O3. The largest absolute Gasteiger partial charge is 0.465 e. The minimum absolute atomic E-state index is 0.0264. The third kappa shape index (κ3) is 5.14. The number of imidazole rings is 1. The molecule has 1 saturated carbocycles. The Morgan fingerprint density at radius 3 is 2.50 bits per heavy atom. The Kier molecular flexibility index (Phi) is 7.32. The first-order chi connectivity index (χ1) is 17.6. The second kappa shape index (κ2) is 11.0. The number of hydrogen-bond acceptors (Lipinski definition) is 4. The molecule has 2 fully saturated rings. The number of nitrogens with one attached hydrogen (secondary N) is 2. The summed E-state index contributed by atoms with van der Waals surface area (Å²) < 4.78 is 2.04. The van der Waals surface area contributed by atoms with E-state index in [0.717, 1.165) is 56.5 Å². The number of rotatable bonds is 6. The van der Waals surface area contributed by atoms with E-state index in [1.54, 1.807) is 6.33 Å². The van der Waals surface area contributed by atoms with Crippen molar-refractivity contribution < 1.29 is 14.7 Å². The first kappa shape index (κ1) is 24.1. The van der Waals surface area contributed by atoms with Crippen molar-refractivity contribution in [3.8, 4) is 11.3 Å². The zero-order valence-corrected chi connectivity index (χ0v) is 20.3. The van der Waals surface area contributed by atoms with Gasteiger partial charge in [0.2, 0.25) is 0 Å². The Morgan fingerprint density at radius 1 is 1.03 bits per heavy atom. The Morgan fingerprint density at radius 2 is 1.75 bits per heavy atom. The van der Waals surface area contributed by atoms with E-state index in [-0.39, 0.29) is 24.0 Å². The maximum atomic E-state index is 14.1. The number of carbonyl (C=O) groups excluding carboxylic acids is 1. The Balaban J connectivity index is 1.51. The second-order valence-corrected chi connectivity index (χ2v) is 9.67. The average Bonchev–Trinajstić information content (AvgIpc) is 3.35. The molecule has 2 aliphatic rings. The third-order valence-corrected chi connectivity index (χ3v) is 7.36. The van der Waals surface area contributed by atoms with Crippen LogP contribution in [-0.4, -0.2) is 63.3 Å². The Bertz CT molecular complexity index is 1180. The van der Waals surface area contributed by atoms with Crippen LogP contribution >= 0.6 is 0 Å². The van der Waals surface area contributed by atoms with Gasteiger partial charge in [-0.15, -0.1) is 0 Å². The van der Waals surface area contributed by atoms with Gasteiger partial charge in [-0.25, -0.2) is 9.78 Å². The number of carboxylic acid groups (broad SMARTS) is 1. The fourth-order valence-corrected chi connectivity index (χ4v) is 5.65. The lowest BCUT2D eigenvalue weighted by Gasteiger charge is -2.36. The third-order valence-electron chi connectivity index (χ3n) is 7.36. The Labute approximate surface area is 211 Å². The van der Waals surface area contributed by atoms with Crippen LogP contribution < -0.4 is 10.6 Å². The van der Waals surface area contributed by atoms with Gasteiger partial charge in [0.15, 0.2) is 5.69 Å². The zero-order valence-electron chi connectivity index (χ0n) is 20.3. The van der Waals surface area contributed by atoms with Crippen molar-refractivity contribution in [2.24, 2.45) is 0 Å². The molecule has 2 amide bonds. The molecule has 0 spiro atoms. The van der Waals surface area contributed by atoms with E-state index in [4.69, 9.17) is 0 Å². The van der Waals surface area contributed by atoms with Crippen LogP contribution in [0.3, 0.4) is 0 Å². The SMILES string of the molecule is O=C(O)N[C@H]1CCCC[C@H]1n1cnc(C(=O)N2CCNC[C@H]2Cc2ccccc2)c1-c1ccccc1. The summed E-state index contributed by atoms with van der Waals surface area (Å²) in [6, 6.07) is 19.8. The number of piperazine rings is 1. The predicted octanol–water partition coefficient (Wildman–Crippen LogP) is 3.96. The van der Waals surface area contributed by atoms with Crippen LogP contribution in [0.1, 0.15) is 47.8 Å². The fourth-order valence-electron chi connectivity index (χ4n) is 5.65. The molecule has 36 heavy (non-hydrogen) atoms. The molecule has 0 radical (unpaired) electrons. The molecule has 8 nitrogen and oxygen atoms in total. The number of hydrogen-bond donors (Lipinski definition) is 3. The molecule has 3 atom stereocenters. The van der Waals surface area contributed by atoms with Crippen molar-refractivity contribution in [2.45, 2.75) is 50.2 Å². The normalized spacial score (nSPS) is 22.2. The molecule has 3 aromatic rings. The summed E-state index contributed by atoms with van der Waals surface area (Å²) in [6.45, 7) is 2.09. The first-order valence-corrected chi connectivity index (χ1v) is 12.8. The minimum Gasteiger partial charge on any atom is -0.465 e. The van der Waals surface area contributed by atoms with E-state index >= 15 is 0 Å². The van der Waals surface area contributed by atoms with Gasteiger partial charge in [-0.1, -0.05) is 73.5 Å². The van der Waals surface area contributed by atoms with Crippen molar-refractivity contribution >= 4 is 12.0 Å². The quantitative estimate of drug-likeness (QED) is 0.489. The summed E-state index contributed by atoms with van der Waals surface area (Å²) >= 11 is 0. The van der Waals surface area contributed by atoms with Gasteiger partial charge in [0.05, 0.1) is 24.1 Å². The van der Waals surface area contributed by atoms with Crippen LogP contribution in [0.2, 0.25) is 0 Å². The fraction of sp³-hybridized carbons (Fsp3) is 0.393. The monoisotopic (exact) mass is 487 g/mol. The molecule has 1 aliphatic heterocycles. The number of carbonyl (C=O) groups is 2. The van der Waals surface area contributed by atoms with Gasteiger partial charge < -0.3 is 25.2 Å². The van der Waals surface area contributed by atoms with Gasteiger partial charge >= 0.3 is 6.09 Å². The molecular weight excluding hydrogens is 454 g/mol. The van der Waals surface area contributed by atoms with E-state index in [2.05, 4.69) is 27.8 Å². The van der Waals surface area contributed by atoms with Crippen molar-refractivity contribution in [3.05, 3.63) is 78.2 Å². The lowest BCUT2D eigenvalue weighted by molar-refractivity contribution is 0.0631. The van der Waals surface area contributed by atoms with Crippen LogP contribution in [0.15, 0.2) is 67.0 Å². The van der Waals surface area contributed by atoms with E-state index in [1.165, 1.54) is 5.56 Å². The van der Waals surface area contributed by atoms with Crippen molar-refractivity contribution in [3.63, 3.8) is 0 Å². The van der Waals surface area contributed by atoms with Gasteiger partial charge in [0.1, 0.15) is 0 Å². The second-order valence-electron chi connectivity index (χ2n) is 9.67. The van der Waals surface area contributed by atoms with Gasteiger partial charge in [-0.05, 0) is 24.8 Å². The molecule has 1 aliphatic carbocycles. The summed E-state index contributed by atoms with van der Waals surface area (Å²) in [4.78, 5) is 32.2. The maximum Gasteiger partial charge on any atom is 0.404 e. The van der Waals surface area contributed by atoms with Crippen LogP contribution in [-0.2, 0) is 6.42 Å². The van der Waals surface area contributed by atoms with Gasteiger partial charge in [-0.2, -0.15) is 0 Å². The summed E-state index contributed by atoms with van der Waals surface area (Å²) in [7, 11) is 0. The lowest BCUT2D eigenvalue weighted by Crippen LogP contribution is -2.54. The van der Waals surface area contributed by atoms with E-state index < -0.39 is 6.09 Å². The van der Waals surface area contributed by atoms with Gasteiger partial charge in [-0.3, -0.25) is 4.79 Å². The maximum absolute atomic E-state index is 14.1. The summed E-state index contributed by atoms with van der Waals surface area (Å²) in [5, 5.41) is 15.6. The summed E-state index contributed by atoms with van der Waals surface area (Å²) in [5.41, 5.74) is 3.30. The highest BCUT2D eigenvalue weighted by Crippen LogP contribution is 2.35. The number of amides is 2. The van der Waals surface area contributed by atoms with Crippen molar-refractivity contribution in [2.75, 3.05) is 19.6 Å². The molecule has 0 unspecified atom stereocenters. The smallest absolute Gasteiger partial charge is 0.404 e. The Hall–Kier alpha value is -3.65. The number of nitrogens with zero attached hydrogens (tertiary/aromatic N) is 3. The predicted molar refractivity (Wildman–Crippen MR) is 138 cm³/mol. The van der Waals surface area contributed by atoms with E-state index in [0.29, 0.717) is 12.2 Å². The van der Waals surface area contributed by atoms with Gasteiger partial charge in [0, 0.05) is 31.2 Å². The molecule has 3 N–H and O–H groups in total.